The summed E-state index contributed by atoms with van der Waals surface area (Å²) in [6.07, 6.45) is 3.02. The van der Waals surface area contributed by atoms with E-state index in [0.717, 1.165) is 75.4 Å². The van der Waals surface area contributed by atoms with Gasteiger partial charge < -0.3 is 25.0 Å². The molecule has 8 heteroatoms. The van der Waals surface area contributed by atoms with Crippen LogP contribution in [0.2, 0.25) is 0 Å². The van der Waals surface area contributed by atoms with Gasteiger partial charge in [-0.15, -0.1) is 0 Å². The highest BCUT2D eigenvalue weighted by Crippen LogP contribution is 2.31. The summed E-state index contributed by atoms with van der Waals surface area (Å²) in [4.78, 5) is 11.9. The Hall–Kier alpha value is -3.22. The number of aliphatic hydroxyl groups excluding tert-OH is 1. The molecule has 0 saturated carbocycles. The van der Waals surface area contributed by atoms with E-state index in [0.29, 0.717) is 5.56 Å². The molecular weight excluding hydrogens is 476 g/mol. The Kier molecular flexibility index (Phi) is 7.18. The van der Waals surface area contributed by atoms with Crippen molar-refractivity contribution in [2.24, 2.45) is 0 Å². The smallest absolute Gasteiger partial charge is 0.101 e. The van der Waals surface area contributed by atoms with Crippen molar-refractivity contribution in [3.8, 4) is 6.07 Å². The molecule has 2 aromatic carbocycles. The second kappa shape index (κ2) is 10.9. The molecule has 0 bridgehead atoms. The Morgan fingerprint density at radius 3 is 2.79 bits per heavy atom. The maximum atomic E-state index is 9.68. The maximum absolute atomic E-state index is 9.68. The quantitative estimate of drug-likeness (QED) is 0.540. The molecule has 2 fully saturated rings. The van der Waals surface area contributed by atoms with Crippen molar-refractivity contribution in [2.75, 3.05) is 68.8 Å². The summed E-state index contributed by atoms with van der Waals surface area (Å²) in [5, 5.41) is 23.6. The molecule has 0 aliphatic carbocycles. The van der Waals surface area contributed by atoms with Crippen LogP contribution >= 0.6 is 0 Å². The Labute approximate surface area is 224 Å². The lowest BCUT2D eigenvalue weighted by Gasteiger charge is -2.42. The first-order chi connectivity index (χ1) is 18.6. The molecule has 0 spiro atoms. The average molecular weight is 513 g/mol. The summed E-state index contributed by atoms with van der Waals surface area (Å²) in [7, 11) is 0. The first-order valence-corrected chi connectivity index (χ1v) is 13.8. The second-order valence-electron chi connectivity index (χ2n) is 10.7. The molecule has 4 heterocycles. The number of hydrogen-bond acceptors (Lipinski definition) is 8. The normalized spacial score (nSPS) is 24.3. The lowest BCUT2D eigenvalue weighted by molar-refractivity contribution is -0.0327. The number of aliphatic hydroxyl groups is 1. The van der Waals surface area contributed by atoms with Crippen LogP contribution in [0, 0.1) is 11.3 Å². The van der Waals surface area contributed by atoms with Crippen LogP contribution in [0.3, 0.4) is 0 Å². The van der Waals surface area contributed by atoms with Gasteiger partial charge in [-0.1, -0.05) is 6.07 Å². The minimum Gasteiger partial charge on any atom is -0.394 e. The second-order valence-corrected chi connectivity index (χ2v) is 10.7. The lowest BCUT2D eigenvalue weighted by Crippen LogP contribution is -2.54. The van der Waals surface area contributed by atoms with Gasteiger partial charge >= 0.3 is 0 Å². The molecule has 3 unspecified atom stereocenters. The zero-order valence-electron chi connectivity index (χ0n) is 22.0. The Bertz CT molecular complexity index is 1330. The van der Waals surface area contributed by atoms with Crippen molar-refractivity contribution >= 4 is 22.3 Å². The van der Waals surface area contributed by atoms with Crippen LogP contribution in [0.5, 0.6) is 0 Å². The number of aromatic nitrogens is 1. The van der Waals surface area contributed by atoms with Crippen molar-refractivity contribution in [3.63, 3.8) is 0 Å². The molecule has 6 rings (SSSR count). The summed E-state index contributed by atoms with van der Waals surface area (Å²) < 4.78 is 6.40. The van der Waals surface area contributed by atoms with Gasteiger partial charge in [0.25, 0.3) is 0 Å². The summed E-state index contributed by atoms with van der Waals surface area (Å²) in [6.45, 7) is 9.78. The number of piperazine rings is 1. The topological polar surface area (TPSA) is 87.9 Å². The van der Waals surface area contributed by atoms with E-state index in [-0.39, 0.29) is 24.9 Å². The van der Waals surface area contributed by atoms with Crippen LogP contribution in [0.15, 0.2) is 48.7 Å². The van der Waals surface area contributed by atoms with Gasteiger partial charge in [-0.3, -0.25) is 9.88 Å². The van der Waals surface area contributed by atoms with Crippen molar-refractivity contribution in [3.05, 3.63) is 65.4 Å². The number of nitriles is 1. The fourth-order valence-corrected chi connectivity index (χ4v) is 6.34. The fraction of sp³-hybridized carbons (Fsp3) is 0.467. The Morgan fingerprint density at radius 2 is 1.97 bits per heavy atom. The number of benzene rings is 2. The lowest BCUT2D eigenvalue weighted by atomic mass is 9.94. The number of hydrogen-bond donors (Lipinski definition) is 2. The minimum absolute atomic E-state index is 0.0561. The van der Waals surface area contributed by atoms with Gasteiger partial charge in [-0.25, -0.2) is 0 Å². The highest BCUT2D eigenvalue weighted by atomic mass is 16.5. The van der Waals surface area contributed by atoms with E-state index in [1.54, 1.807) is 6.20 Å². The van der Waals surface area contributed by atoms with Crippen molar-refractivity contribution in [1.82, 2.24) is 15.2 Å². The first kappa shape index (κ1) is 25.1. The number of rotatable bonds is 5. The maximum Gasteiger partial charge on any atom is 0.101 e. The van der Waals surface area contributed by atoms with Gasteiger partial charge in [0.05, 0.1) is 35.9 Å². The minimum atomic E-state index is 0.0561. The highest BCUT2D eigenvalue weighted by Gasteiger charge is 2.30. The summed E-state index contributed by atoms with van der Waals surface area (Å²) in [5.41, 5.74) is 6.40. The van der Waals surface area contributed by atoms with Crippen LogP contribution < -0.4 is 15.1 Å². The molecule has 3 aromatic rings. The van der Waals surface area contributed by atoms with E-state index in [2.05, 4.69) is 68.3 Å². The van der Waals surface area contributed by atoms with E-state index in [4.69, 9.17) is 4.74 Å². The third kappa shape index (κ3) is 4.95. The highest BCUT2D eigenvalue weighted by molar-refractivity contribution is 5.95. The van der Waals surface area contributed by atoms with Crippen molar-refractivity contribution in [2.45, 2.75) is 31.6 Å². The van der Waals surface area contributed by atoms with E-state index < -0.39 is 0 Å². The number of nitrogens with one attached hydrogen (secondary N) is 1. The van der Waals surface area contributed by atoms with Gasteiger partial charge in [0, 0.05) is 68.8 Å². The van der Waals surface area contributed by atoms with Crippen molar-refractivity contribution in [1.29, 1.82) is 5.26 Å². The Morgan fingerprint density at radius 1 is 1.11 bits per heavy atom. The monoisotopic (exact) mass is 512 g/mol. The fourth-order valence-electron chi connectivity index (χ4n) is 6.34. The standard InChI is InChI=1S/C30H36N6O2/c1-21-17-36(29-7-4-23(16-31)30-27(29)3-2-9-33-30)19-25(38-21)18-34-11-13-35(14-12-34)24-5-6-26-22(15-24)8-10-32-28(26)20-37/h2-7,9,15,21,25,28,32,37H,8,10-14,17-20H2,1H3. The largest absolute Gasteiger partial charge is 0.394 e. The van der Waals surface area contributed by atoms with Crippen LogP contribution in [0.25, 0.3) is 10.9 Å². The molecule has 8 nitrogen and oxygen atoms in total. The molecule has 1 aromatic heterocycles. The number of ether oxygens (including phenoxy) is 1. The third-order valence-electron chi connectivity index (χ3n) is 8.20. The summed E-state index contributed by atoms with van der Waals surface area (Å²) in [5.74, 6) is 0. The third-order valence-corrected chi connectivity index (χ3v) is 8.20. The molecule has 3 aliphatic heterocycles. The number of fused-ring (bicyclic) bond motifs is 2. The van der Waals surface area contributed by atoms with Crippen LogP contribution in [-0.4, -0.2) is 86.2 Å². The molecule has 3 atom stereocenters. The molecule has 2 saturated heterocycles. The zero-order chi connectivity index (χ0) is 26.1. The van der Waals surface area contributed by atoms with Gasteiger partial charge in [-0.2, -0.15) is 5.26 Å². The molecule has 38 heavy (non-hydrogen) atoms. The molecule has 0 amide bonds. The van der Waals surface area contributed by atoms with Gasteiger partial charge in [-0.05, 0) is 67.4 Å². The average Bonchev–Trinajstić information content (AvgIpc) is 2.96. The van der Waals surface area contributed by atoms with E-state index in [9.17, 15) is 10.4 Å². The molecule has 198 valence electrons. The van der Waals surface area contributed by atoms with E-state index in [1.807, 2.05) is 12.1 Å². The van der Waals surface area contributed by atoms with E-state index in [1.165, 1.54) is 16.8 Å². The number of nitrogens with zero attached hydrogens (tertiary/aromatic N) is 5. The van der Waals surface area contributed by atoms with Gasteiger partial charge in [0.2, 0.25) is 0 Å². The summed E-state index contributed by atoms with van der Waals surface area (Å²) in [6, 6.07) is 17.0. The van der Waals surface area contributed by atoms with Gasteiger partial charge in [0.15, 0.2) is 0 Å². The van der Waals surface area contributed by atoms with Crippen LogP contribution in [0.1, 0.15) is 29.7 Å². The molecule has 0 radical (unpaired) electrons. The van der Waals surface area contributed by atoms with E-state index >= 15 is 0 Å². The number of pyridine rings is 1. The molecule has 3 aliphatic rings. The first-order valence-electron chi connectivity index (χ1n) is 13.8. The van der Waals surface area contributed by atoms with Crippen molar-refractivity contribution < 1.29 is 9.84 Å². The summed E-state index contributed by atoms with van der Waals surface area (Å²) >= 11 is 0. The number of anilines is 2. The predicted molar refractivity (Wildman–Crippen MR) is 150 cm³/mol. The molecular formula is C30H36N6O2. The Balaban J connectivity index is 1.10. The molecule has 2 N–H and O–H groups in total. The van der Waals surface area contributed by atoms with Crippen LogP contribution in [-0.2, 0) is 11.2 Å². The van der Waals surface area contributed by atoms with Gasteiger partial charge in [0.1, 0.15) is 6.07 Å². The SMILES string of the molecule is CC1CN(c2ccc(C#N)c3ncccc23)CC(CN2CCN(c3ccc4c(c3)CCNC4CO)CC2)O1. The zero-order valence-corrected chi connectivity index (χ0v) is 22.0. The predicted octanol–water partition coefficient (Wildman–Crippen LogP) is 2.70. The van der Waals surface area contributed by atoms with Crippen LogP contribution in [0.4, 0.5) is 11.4 Å². The number of morpholine rings is 1.